The van der Waals surface area contributed by atoms with Gasteiger partial charge in [-0.3, -0.25) is 5.10 Å². The first-order valence-corrected chi connectivity index (χ1v) is 4.28. The number of anilines is 1. The molecule has 0 aliphatic carbocycles. The van der Waals surface area contributed by atoms with Crippen LogP contribution in [0.25, 0.3) is 10.9 Å². The summed E-state index contributed by atoms with van der Waals surface area (Å²) >= 11 is 4.66. The minimum Gasteiger partial charge on any atom is -0.376 e. The summed E-state index contributed by atoms with van der Waals surface area (Å²) in [5.74, 6) is 0.0815. The van der Waals surface area contributed by atoms with Gasteiger partial charge in [-0.15, -0.1) is 0 Å². The molecule has 0 spiro atoms. The van der Waals surface area contributed by atoms with Crippen molar-refractivity contribution in [2.45, 2.75) is 0 Å². The van der Waals surface area contributed by atoms with Crippen LogP contribution in [-0.4, -0.2) is 15.3 Å². The molecule has 14 heavy (non-hydrogen) atoms. The average molecular weight is 210 g/mol. The van der Waals surface area contributed by atoms with E-state index in [1.54, 1.807) is 12.1 Å². The third kappa shape index (κ3) is 1.39. The molecule has 0 radical (unpaired) electrons. The maximum atomic E-state index is 13.2. The molecular formula is C8H7FN4S. The Morgan fingerprint density at radius 1 is 1.57 bits per heavy atom. The molecule has 0 atom stereocenters. The maximum Gasteiger partial charge on any atom is 0.169 e. The predicted molar refractivity (Wildman–Crippen MR) is 56.5 cm³/mol. The predicted octanol–water partition coefficient (Wildman–Crippen LogP) is 1.36. The zero-order valence-corrected chi connectivity index (χ0v) is 7.86. The van der Waals surface area contributed by atoms with Gasteiger partial charge in [0.05, 0.1) is 0 Å². The Bertz CT molecular complexity index is 493. The molecule has 0 saturated heterocycles. The van der Waals surface area contributed by atoms with Gasteiger partial charge < -0.3 is 11.1 Å². The normalized spacial score (nSPS) is 10.4. The highest BCUT2D eigenvalue weighted by Gasteiger charge is 2.08. The Balaban J connectivity index is 2.58. The Kier molecular flexibility index (Phi) is 2.05. The fourth-order valence-corrected chi connectivity index (χ4v) is 1.32. The van der Waals surface area contributed by atoms with Gasteiger partial charge in [-0.05, 0) is 24.4 Å². The molecule has 4 nitrogen and oxygen atoms in total. The molecule has 0 saturated carbocycles. The molecule has 0 amide bonds. The van der Waals surface area contributed by atoms with Gasteiger partial charge in [-0.1, -0.05) is 6.07 Å². The van der Waals surface area contributed by atoms with Crippen LogP contribution < -0.4 is 11.1 Å². The first-order chi connectivity index (χ1) is 6.68. The number of rotatable bonds is 1. The van der Waals surface area contributed by atoms with Crippen LogP contribution in [0, 0.1) is 5.82 Å². The van der Waals surface area contributed by atoms with E-state index in [1.807, 2.05) is 0 Å². The van der Waals surface area contributed by atoms with Gasteiger partial charge in [0.25, 0.3) is 0 Å². The largest absolute Gasteiger partial charge is 0.376 e. The highest BCUT2D eigenvalue weighted by Crippen LogP contribution is 2.21. The maximum absolute atomic E-state index is 13.2. The molecule has 0 bridgehead atoms. The van der Waals surface area contributed by atoms with Crippen molar-refractivity contribution in [2.75, 3.05) is 5.32 Å². The second kappa shape index (κ2) is 3.22. The lowest BCUT2D eigenvalue weighted by Crippen LogP contribution is -2.19. The zero-order valence-electron chi connectivity index (χ0n) is 7.04. The summed E-state index contributed by atoms with van der Waals surface area (Å²) in [5, 5.41) is 9.79. The fraction of sp³-hybridized carbons (Fsp3) is 0. The molecule has 1 aromatic carbocycles. The molecule has 2 rings (SSSR count). The van der Waals surface area contributed by atoms with Crippen molar-refractivity contribution in [1.82, 2.24) is 10.2 Å². The topological polar surface area (TPSA) is 66.7 Å². The van der Waals surface area contributed by atoms with E-state index < -0.39 is 0 Å². The second-order valence-corrected chi connectivity index (χ2v) is 3.16. The van der Waals surface area contributed by atoms with E-state index >= 15 is 0 Å². The molecular weight excluding hydrogens is 203 g/mol. The number of aromatic amines is 1. The SMILES string of the molecule is NC(=S)Nc1n[nH]c2c(F)cccc12. The van der Waals surface area contributed by atoms with Gasteiger partial charge in [-0.25, -0.2) is 4.39 Å². The van der Waals surface area contributed by atoms with Crippen LogP contribution >= 0.6 is 12.2 Å². The van der Waals surface area contributed by atoms with Crippen LogP contribution in [0.3, 0.4) is 0 Å². The Hall–Kier alpha value is -1.69. The van der Waals surface area contributed by atoms with Gasteiger partial charge in [0.2, 0.25) is 0 Å². The van der Waals surface area contributed by atoms with E-state index in [2.05, 4.69) is 27.7 Å². The lowest BCUT2D eigenvalue weighted by Gasteiger charge is -1.98. The van der Waals surface area contributed by atoms with E-state index in [4.69, 9.17) is 5.73 Å². The summed E-state index contributed by atoms with van der Waals surface area (Å²) in [6.07, 6.45) is 0. The van der Waals surface area contributed by atoms with E-state index in [9.17, 15) is 4.39 Å². The zero-order chi connectivity index (χ0) is 10.1. The number of nitrogens with zero attached hydrogens (tertiary/aromatic N) is 1. The summed E-state index contributed by atoms with van der Waals surface area (Å²) in [6, 6.07) is 4.67. The first kappa shape index (κ1) is 8.89. The number of halogens is 1. The molecule has 0 fully saturated rings. The minimum atomic E-state index is -0.356. The number of para-hydroxylation sites is 1. The van der Waals surface area contributed by atoms with Crippen LogP contribution in [0.4, 0.5) is 10.2 Å². The number of thiocarbonyl (C=S) groups is 1. The molecule has 0 unspecified atom stereocenters. The van der Waals surface area contributed by atoms with Crippen molar-refractivity contribution in [2.24, 2.45) is 5.73 Å². The lowest BCUT2D eigenvalue weighted by atomic mass is 10.2. The summed E-state index contributed by atoms with van der Waals surface area (Å²) in [4.78, 5) is 0. The quantitative estimate of drug-likeness (QED) is 0.622. The number of benzene rings is 1. The number of hydrogen-bond donors (Lipinski definition) is 3. The molecule has 2 aromatic rings. The van der Waals surface area contributed by atoms with Gasteiger partial charge in [-0.2, -0.15) is 5.10 Å². The van der Waals surface area contributed by atoms with E-state index in [-0.39, 0.29) is 10.9 Å². The molecule has 6 heteroatoms. The average Bonchev–Trinajstić information content (AvgIpc) is 2.49. The van der Waals surface area contributed by atoms with Crippen LogP contribution in [0.1, 0.15) is 0 Å². The number of aromatic nitrogens is 2. The van der Waals surface area contributed by atoms with Crippen LogP contribution in [0.2, 0.25) is 0 Å². The Morgan fingerprint density at radius 2 is 2.36 bits per heavy atom. The summed E-state index contributed by atoms with van der Waals surface area (Å²) in [5.41, 5.74) is 5.62. The summed E-state index contributed by atoms with van der Waals surface area (Å²) < 4.78 is 13.2. The number of nitrogens with one attached hydrogen (secondary N) is 2. The molecule has 1 heterocycles. The minimum absolute atomic E-state index is 0.0997. The van der Waals surface area contributed by atoms with Crippen molar-refractivity contribution in [3.8, 4) is 0 Å². The van der Waals surface area contributed by atoms with Crippen LogP contribution in [0.15, 0.2) is 18.2 Å². The molecule has 0 aliphatic heterocycles. The van der Waals surface area contributed by atoms with E-state index in [0.717, 1.165) is 0 Å². The van der Waals surface area contributed by atoms with Gasteiger partial charge in [0.1, 0.15) is 11.3 Å². The van der Waals surface area contributed by atoms with Crippen LogP contribution in [-0.2, 0) is 0 Å². The molecule has 72 valence electrons. The van der Waals surface area contributed by atoms with Gasteiger partial charge >= 0.3 is 0 Å². The van der Waals surface area contributed by atoms with Crippen LogP contribution in [0.5, 0.6) is 0 Å². The summed E-state index contributed by atoms with van der Waals surface area (Å²) in [7, 11) is 0. The van der Waals surface area contributed by atoms with E-state index in [1.165, 1.54) is 6.07 Å². The third-order valence-electron chi connectivity index (χ3n) is 1.79. The third-order valence-corrected chi connectivity index (χ3v) is 1.89. The monoisotopic (exact) mass is 210 g/mol. The number of fused-ring (bicyclic) bond motifs is 1. The number of hydrogen-bond acceptors (Lipinski definition) is 2. The Morgan fingerprint density at radius 3 is 3.07 bits per heavy atom. The summed E-state index contributed by atoms with van der Waals surface area (Å²) in [6.45, 7) is 0. The molecule has 1 aromatic heterocycles. The number of H-pyrrole nitrogens is 1. The van der Waals surface area contributed by atoms with Gasteiger partial charge in [0, 0.05) is 5.39 Å². The molecule has 4 N–H and O–H groups in total. The van der Waals surface area contributed by atoms with Crippen molar-refractivity contribution in [3.05, 3.63) is 24.0 Å². The van der Waals surface area contributed by atoms with E-state index in [0.29, 0.717) is 16.7 Å². The molecule has 0 aliphatic rings. The van der Waals surface area contributed by atoms with Crippen molar-refractivity contribution < 1.29 is 4.39 Å². The smallest absolute Gasteiger partial charge is 0.169 e. The standard InChI is InChI=1S/C8H7FN4S/c9-5-3-1-2-4-6(5)12-13-7(4)11-8(10)14/h1-3H,(H4,10,11,12,13,14). The lowest BCUT2D eigenvalue weighted by molar-refractivity contribution is 0.636. The van der Waals surface area contributed by atoms with Crippen molar-refractivity contribution in [3.63, 3.8) is 0 Å². The number of nitrogens with two attached hydrogens (primary N) is 1. The highest BCUT2D eigenvalue weighted by molar-refractivity contribution is 7.80. The highest BCUT2D eigenvalue weighted by atomic mass is 32.1. The van der Waals surface area contributed by atoms with Crippen molar-refractivity contribution >= 4 is 34.1 Å². The first-order valence-electron chi connectivity index (χ1n) is 3.87. The second-order valence-electron chi connectivity index (χ2n) is 2.72. The van der Waals surface area contributed by atoms with Crippen molar-refractivity contribution in [1.29, 1.82) is 0 Å². The Labute approximate surface area is 84.3 Å². The fourth-order valence-electron chi connectivity index (χ4n) is 1.22. The van der Waals surface area contributed by atoms with Gasteiger partial charge in [0.15, 0.2) is 10.9 Å².